The lowest BCUT2D eigenvalue weighted by Gasteiger charge is -2.15. The van der Waals surface area contributed by atoms with Crippen molar-refractivity contribution in [2.75, 3.05) is 13.7 Å². The van der Waals surface area contributed by atoms with E-state index < -0.39 is 0 Å². The van der Waals surface area contributed by atoms with Gasteiger partial charge in [-0.1, -0.05) is 18.9 Å². The third-order valence-electron chi connectivity index (χ3n) is 3.93. The van der Waals surface area contributed by atoms with Gasteiger partial charge in [0, 0.05) is 37.4 Å². The van der Waals surface area contributed by atoms with E-state index in [1.807, 2.05) is 17.5 Å². The molecule has 0 aromatic carbocycles. The molecule has 0 spiro atoms. The molecule has 1 aromatic rings. The predicted molar refractivity (Wildman–Crippen MR) is 86.7 cm³/mol. The molecule has 2 amide bonds. The molecule has 22 heavy (non-hydrogen) atoms. The number of carbonyl (C=O) groups excluding carboxylic acids is 2. The molecule has 1 atom stereocenters. The molecule has 0 aliphatic heterocycles. The molecule has 6 heteroatoms. The number of thiophene rings is 1. The molecule has 1 saturated carbocycles. The standard InChI is InChI=1S/C16H24N2O3S/c1-21-13(14-7-4-10-22-14)11-17-15(19)8-9-16(20)18-12-5-2-3-6-12/h4,7,10,12-13H,2-3,5-6,8-9,11H2,1H3,(H,17,19)(H,18,20)/t13-/m1/s1. The minimum absolute atomic E-state index is 0.0244. The quantitative estimate of drug-likeness (QED) is 0.771. The first-order valence-corrected chi connectivity index (χ1v) is 8.69. The van der Waals surface area contributed by atoms with Crippen LogP contribution in [0.15, 0.2) is 17.5 Å². The van der Waals surface area contributed by atoms with Crippen LogP contribution in [-0.4, -0.2) is 31.5 Å². The van der Waals surface area contributed by atoms with Crippen molar-refractivity contribution in [3.8, 4) is 0 Å². The smallest absolute Gasteiger partial charge is 0.220 e. The van der Waals surface area contributed by atoms with Crippen molar-refractivity contribution in [1.82, 2.24) is 10.6 Å². The molecular weight excluding hydrogens is 300 g/mol. The van der Waals surface area contributed by atoms with Crippen LogP contribution in [0.5, 0.6) is 0 Å². The molecule has 0 saturated heterocycles. The summed E-state index contributed by atoms with van der Waals surface area (Å²) < 4.78 is 5.38. The molecule has 1 aromatic heterocycles. The van der Waals surface area contributed by atoms with Gasteiger partial charge in [0.25, 0.3) is 0 Å². The zero-order valence-electron chi connectivity index (χ0n) is 13.0. The van der Waals surface area contributed by atoms with Gasteiger partial charge in [0.2, 0.25) is 11.8 Å². The Labute approximate surface area is 135 Å². The molecule has 1 fully saturated rings. The SMILES string of the molecule is CO[C@H](CNC(=O)CCC(=O)NC1CCCC1)c1cccs1. The summed E-state index contributed by atoms with van der Waals surface area (Å²) in [5, 5.41) is 7.81. The Balaban J connectivity index is 1.63. The minimum atomic E-state index is -0.128. The summed E-state index contributed by atoms with van der Waals surface area (Å²) in [6.07, 6.45) is 4.84. The van der Waals surface area contributed by atoms with Crippen LogP contribution in [0.4, 0.5) is 0 Å². The van der Waals surface area contributed by atoms with E-state index >= 15 is 0 Å². The molecule has 5 nitrogen and oxygen atoms in total. The van der Waals surface area contributed by atoms with E-state index in [4.69, 9.17) is 4.74 Å². The maximum absolute atomic E-state index is 11.8. The van der Waals surface area contributed by atoms with Crippen molar-refractivity contribution in [2.24, 2.45) is 0 Å². The van der Waals surface area contributed by atoms with Gasteiger partial charge in [-0.25, -0.2) is 0 Å². The summed E-state index contributed by atoms with van der Waals surface area (Å²) in [5.41, 5.74) is 0. The van der Waals surface area contributed by atoms with Gasteiger partial charge in [0.05, 0.1) is 0 Å². The summed E-state index contributed by atoms with van der Waals surface area (Å²) in [6, 6.07) is 4.26. The molecular formula is C16H24N2O3S. The summed E-state index contributed by atoms with van der Waals surface area (Å²) in [5.74, 6) is -0.135. The van der Waals surface area contributed by atoms with Gasteiger partial charge in [0.1, 0.15) is 6.10 Å². The molecule has 1 aliphatic carbocycles. The van der Waals surface area contributed by atoms with Gasteiger partial charge in [-0.2, -0.15) is 0 Å². The maximum atomic E-state index is 11.8. The summed E-state index contributed by atoms with van der Waals surface area (Å²) in [7, 11) is 1.63. The summed E-state index contributed by atoms with van der Waals surface area (Å²) in [4.78, 5) is 24.7. The molecule has 0 bridgehead atoms. The van der Waals surface area contributed by atoms with E-state index in [1.54, 1.807) is 18.4 Å². The van der Waals surface area contributed by atoms with Gasteiger partial charge in [0.15, 0.2) is 0 Å². The van der Waals surface area contributed by atoms with Gasteiger partial charge in [-0.15, -0.1) is 11.3 Å². The van der Waals surface area contributed by atoms with E-state index in [-0.39, 0.29) is 30.8 Å². The number of amides is 2. The first kappa shape index (κ1) is 17.0. The highest BCUT2D eigenvalue weighted by molar-refractivity contribution is 7.10. The Morgan fingerprint density at radius 3 is 2.68 bits per heavy atom. The molecule has 2 N–H and O–H groups in total. The Bertz CT molecular complexity index is 470. The van der Waals surface area contributed by atoms with E-state index in [0.29, 0.717) is 12.6 Å². The van der Waals surface area contributed by atoms with E-state index in [0.717, 1.165) is 17.7 Å². The fourth-order valence-electron chi connectivity index (χ4n) is 2.67. The number of hydrogen-bond donors (Lipinski definition) is 2. The second kappa shape index (κ2) is 8.90. The Morgan fingerprint density at radius 2 is 2.05 bits per heavy atom. The van der Waals surface area contributed by atoms with Crippen molar-refractivity contribution < 1.29 is 14.3 Å². The van der Waals surface area contributed by atoms with Crippen LogP contribution in [0.2, 0.25) is 0 Å². The average molecular weight is 324 g/mol. The van der Waals surface area contributed by atoms with E-state index in [2.05, 4.69) is 10.6 Å². The number of ether oxygens (including phenoxy) is 1. The predicted octanol–water partition coefficient (Wildman–Crippen LogP) is 2.39. The average Bonchev–Trinajstić information content (AvgIpc) is 3.19. The van der Waals surface area contributed by atoms with Crippen molar-refractivity contribution in [1.29, 1.82) is 0 Å². The van der Waals surface area contributed by atoms with Crippen molar-refractivity contribution in [3.63, 3.8) is 0 Å². The monoisotopic (exact) mass is 324 g/mol. The van der Waals surface area contributed by atoms with Crippen molar-refractivity contribution >= 4 is 23.2 Å². The number of nitrogens with one attached hydrogen (secondary N) is 2. The molecule has 0 radical (unpaired) electrons. The number of hydrogen-bond acceptors (Lipinski definition) is 4. The Morgan fingerprint density at radius 1 is 1.32 bits per heavy atom. The first-order chi connectivity index (χ1) is 10.7. The number of rotatable bonds is 8. The topological polar surface area (TPSA) is 67.4 Å². The lowest BCUT2D eigenvalue weighted by atomic mass is 10.2. The number of carbonyl (C=O) groups is 2. The summed E-state index contributed by atoms with van der Waals surface area (Å²) in [6.45, 7) is 0.431. The van der Waals surface area contributed by atoms with Crippen molar-refractivity contribution in [3.05, 3.63) is 22.4 Å². The van der Waals surface area contributed by atoms with E-state index in [9.17, 15) is 9.59 Å². The van der Waals surface area contributed by atoms with E-state index in [1.165, 1.54) is 12.8 Å². The molecule has 2 rings (SSSR count). The fraction of sp³-hybridized carbons (Fsp3) is 0.625. The Kier molecular flexibility index (Phi) is 6.86. The number of methoxy groups -OCH3 is 1. The highest BCUT2D eigenvalue weighted by Gasteiger charge is 2.18. The van der Waals surface area contributed by atoms with Gasteiger partial charge in [-0.05, 0) is 24.3 Å². The van der Waals surface area contributed by atoms with Gasteiger partial charge in [-0.3, -0.25) is 9.59 Å². The Hall–Kier alpha value is -1.40. The first-order valence-electron chi connectivity index (χ1n) is 7.81. The lowest BCUT2D eigenvalue weighted by molar-refractivity contribution is -0.127. The second-order valence-corrected chi connectivity index (χ2v) is 6.57. The largest absolute Gasteiger partial charge is 0.374 e. The zero-order valence-corrected chi connectivity index (χ0v) is 13.8. The zero-order chi connectivity index (χ0) is 15.8. The second-order valence-electron chi connectivity index (χ2n) is 5.59. The fourth-order valence-corrected chi connectivity index (χ4v) is 3.47. The highest BCUT2D eigenvalue weighted by Crippen LogP contribution is 2.21. The molecule has 1 heterocycles. The third-order valence-corrected chi connectivity index (χ3v) is 4.89. The maximum Gasteiger partial charge on any atom is 0.220 e. The van der Waals surface area contributed by atoms with Crippen molar-refractivity contribution in [2.45, 2.75) is 50.7 Å². The van der Waals surface area contributed by atoms with Gasteiger partial charge < -0.3 is 15.4 Å². The summed E-state index contributed by atoms with van der Waals surface area (Å²) >= 11 is 1.60. The molecule has 1 aliphatic rings. The van der Waals surface area contributed by atoms with Crippen LogP contribution < -0.4 is 10.6 Å². The lowest BCUT2D eigenvalue weighted by Crippen LogP contribution is -2.34. The van der Waals surface area contributed by atoms with Crippen LogP contribution in [0.3, 0.4) is 0 Å². The van der Waals surface area contributed by atoms with Crippen LogP contribution in [0.25, 0.3) is 0 Å². The van der Waals surface area contributed by atoms with Crippen LogP contribution in [-0.2, 0) is 14.3 Å². The normalized spacial score (nSPS) is 16.4. The van der Waals surface area contributed by atoms with Crippen LogP contribution in [0.1, 0.15) is 49.5 Å². The third kappa shape index (κ3) is 5.42. The van der Waals surface area contributed by atoms with Crippen LogP contribution in [0, 0.1) is 0 Å². The molecule has 122 valence electrons. The highest BCUT2D eigenvalue weighted by atomic mass is 32.1. The molecule has 0 unspecified atom stereocenters. The van der Waals surface area contributed by atoms with Crippen LogP contribution >= 0.6 is 11.3 Å². The van der Waals surface area contributed by atoms with Gasteiger partial charge >= 0.3 is 0 Å². The minimum Gasteiger partial charge on any atom is -0.374 e.